The second-order valence-electron chi connectivity index (χ2n) is 5.67. The molecule has 0 unspecified atom stereocenters. The van der Waals surface area contributed by atoms with Crippen molar-refractivity contribution in [3.8, 4) is 0 Å². The highest BCUT2D eigenvalue weighted by molar-refractivity contribution is 5.94. The second kappa shape index (κ2) is 6.44. The molecule has 1 aliphatic carbocycles. The topological polar surface area (TPSA) is 26.3 Å². The number of hydrogen-bond donors (Lipinski definition) is 0. The van der Waals surface area contributed by atoms with Crippen molar-refractivity contribution < 1.29 is 22.7 Å². The maximum atomic E-state index is 12.0. The summed E-state index contributed by atoms with van der Waals surface area (Å²) in [7, 11) is 0. The first-order chi connectivity index (χ1) is 8.71. The lowest BCUT2D eigenvalue weighted by molar-refractivity contribution is -0.165. The third kappa shape index (κ3) is 4.88. The lowest BCUT2D eigenvalue weighted by Gasteiger charge is -2.36. The van der Waals surface area contributed by atoms with Crippen molar-refractivity contribution in [2.45, 2.75) is 52.3 Å². The molecule has 110 valence electrons. The van der Waals surface area contributed by atoms with Crippen LogP contribution in [0.15, 0.2) is 12.3 Å². The van der Waals surface area contributed by atoms with Crippen LogP contribution in [0.3, 0.4) is 0 Å². The monoisotopic (exact) mass is 278 g/mol. The molecule has 1 rings (SSSR count). The summed E-state index contributed by atoms with van der Waals surface area (Å²) in [6.45, 7) is 6.28. The highest BCUT2D eigenvalue weighted by Crippen LogP contribution is 2.35. The van der Waals surface area contributed by atoms with Gasteiger partial charge in [-0.1, -0.05) is 27.2 Å². The maximum absolute atomic E-state index is 12.0. The number of hydrogen-bond acceptors (Lipinski definition) is 2. The zero-order valence-electron chi connectivity index (χ0n) is 11.5. The number of ether oxygens (including phenoxy) is 1. The number of alkyl halides is 3. The van der Waals surface area contributed by atoms with Gasteiger partial charge in [0.1, 0.15) is 6.10 Å². The zero-order valence-corrected chi connectivity index (χ0v) is 11.5. The Balaban J connectivity index is 2.58. The van der Waals surface area contributed by atoms with Gasteiger partial charge < -0.3 is 4.74 Å². The molecule has 1 aliphatic rings. The van der Waals surface area contributed by atoms with Gasteiger partial charge in [0.05, 0.1) is 6.26 Å². The lowest BCUT2D eigenvalue weighted by Crippen LogP contribution is -2.33. The van der Waals surface area contributed by atoms with Crippen LogP contribution in [0.4, 0.5) is 13.2 Å². The summed E-state index contributed by atoms with van der Waals surface area (Å²) >= 11 is 0. The molecule has 19 heavy (non-hydrogen) atoms. The molecule has 0 aromatic rings. The Morgan fingerprint density at radius 3 is 2.47 bits per heavy atom. The van der Waals surface area contributed by atoms with E-state index in [1.807, 2.05) is 0 Å². The Kier molecular flexibility index (Phi) is 5.44. The molecule has 0 aromatic carbocycles. The van der Waals surface area contributed by atoms with E-state index in [2.05, 4.69) is 20.8 Å². The molecular weight excluding hydrogens is 257 g/mol. The van der Waals surface area contributed by atoms with Gasteiger partial charge in [-0.2, -0.15) is 13.2 Å². The first-order valence-corrected chi connectivity index (χ1v) is 6.65. The highest BCUT2D eigenvalue weighted by atomic mass is 19.4. The van der Waals surface area contributed by atoms with Crippen LogP contribution < -0.4 is 0 Å². The molecule has 1 saturated carbocycles. The molecule has 0 radical (unpaired) electrons. The van der Waals surface area contributed by atoms with Crippen LogP contribution >= 0.6 is 0 Å². The Bertz CT molecular complexity index is 334. The summed E-state index contributed by atoms with van der Waals surface area (Å²) in [6, 6.07) is 0. The molecule has 0 heterocycles. The molecular formula is C14H21F3O2. The van der Waals surface area contributed by atoms with Crippen molar-refractivity contribution >= 4 is 5.78 Å². The van der Waals surface area contributed by atoms with Crippen molar-refractivity contribution in [2.24, 2.45) is 17.8 Å². The van der Waals surface area contributed by atoms with Crippen molar-refractivity contribution in [2.75, 3.05) is 0 Å². The summed E-state index contributed by atoms with van der Waals surface area (Å²) in [5, 5.41) is 0. The largest absolute Gasteiger partial charge is 0.498 e. The number of ketones is 1. The summed E-state index contributed by atoms with van der Waals surface area (Å²) in [6.07, 6.45) is -0.575. The average molecular weight is 278 g/mol. The van der Waals surface area contributed by atoms with E-state index in [9.17, 15) is 18.0 Å². The second-order valence-corrected chi connectivity index (χ2v) is 5.67. The van der Waals surface area contributed by atoms with Crippen LogP contribution in [-0.4, -0.2) is 18.1 Å². The number of rotatable bonds is 4. The standard InChI is InChI=1S/C14H21F3O2/c1-9(2)11-5-4-10(3)8-12(11)19-7-6-13(18)14(15,16)17/h6-7,9-12H,4-5,8H2,1-3H3/b7-6+/t10-,11+,12-/m1/s1. The lowest BCUT2D eigenvalue weighted by atomic mass is 9.75. The fraction of sp³-hybridized carbons (Fsp3) is 0.786. The van der Waals surface area contributed by atoms with E-state index in [0.717, 1.165) is 25.5 Å². The normalized spacial score (nSPS) is 28.9. The van der Waals surface area contributed by atoms with E-state index >= 15 is 0 Å². The maximum Gasteiger partial charge on any atom is 0.454 e. The van der Waals surface area contributed by atoms with Crippen LogP contribution in [0.25, 0.3) is 0 Å². The minimum absolute atomic E-state index is 0.0963. The number of allylic oxidation sites excluding steroid dienone is 1. The van der Waals surface area contributed by atoms with E-state index in [1.165, 1.54) is 0 Å². The van der Waals surface area contributed by atoms with Crippen LogP contribution in [0.2, 0.25) is 0 Å². The van der Waals surface area contributed by atoms with Crippen LogP contribution in [0, 0.1) is 17.8 Å². The molecule has 1 fully saturated rings. The van der Waals surface area contributed by atoms with Crippen LogP contribution in [-0.2, 0) is 9.53 Å². The Labute approximate surface area is 112 Å². The minimum Gasteiger partial charge on any atom is -0.498 e. The van der Waals surface area contributed by atoms with E-state index in [0.29, 0.717) is 23.8 Å². The van der Waals surface area contributed by atoms with Crippen molar-refractivity contribution in [1.29, 1.82) is 0 Å². The van der Waals surface area contributed by atoms with Gasteiger partial charge in [-0.05, 0) is 30.6 Å². The van der Waals surface area contributed by atoms with Crippen LogP contribution in [0.5, 0.6) is 0 Å². The van der Waals surface area contributed by atoms with Gasteiger partial charge in [-0.3, -0.25) is 4.79 Å². The van der Waals surface area contributed by atoms with Gasteiger partial charge in [0.25, 0.3) is 5.78 Å². The summed E-state index contributed by atoms with van der Waals surface area (Å²) in [5.41, 5.74) is 0. The predicted octanol–water partition coefficient (Wildman–Crippen LogP) is 4.11. The third-order valence-electron chi connectivity index (χ3n) is 3.71. The summed E-state index contributed by atoms with van der Waals surface area (Å²) < 4.78 is 41.5. The first kappa shape index (κ1) is 16.1. The minimum atomic E-state index is -4.82. The summed E-state index contributed by atoms with van der Waals surface area (Å²) in [4.78, 5) is 10.7. The Hall–Kier alpha value is -1.00. The molecule has 0 amide bonds. The van der Waals surface area contributed by atoms with Crippen molar-refractivity contribution in [3.05, 3.63) is 12.3 Å². The molecule has 0 saturated heterocycles. The SMILES string of the molecule is CC(C)[C@@H]1CC[C@@H](C)C[C@H]1O/C=C/C(=O)C(F)(F)F. The molecule has 5 heteroatoms. The third-order valence-corrected chi connectivity index (χ3v) is 3.71. The zero-order chi connectivity index (χ0) is 14.6. The number of carbonyl (C=O) groups excluding carboxylic acids is 1. The molecule has 0 spiro atoms. The molecule has 0 bridgehead atoms. The molecule has 0 N–H and O–H groups in total. The fourth-order valence-electron chi connectivity index (χ4n) is 2.57. The van der Waals surface area contributed by atoms with E-state index in [1.54, 1.807) is 0 Å². The smallest absolute Gasteiger partial charge is 0.454 e. The Morgan fingerprint density at radius 1 is 1.32 bits per heavy atom. The van der Waals surface area contributed by atoms with Crippen molar-refractivity contribution in [1.82, 2.24) is 0 Å². The van der Waals surface area contributed by atoms with Gasteiger partial charge in [0, 0.05) is 6.08 Å². The number of halogens is 3. The van der Waals surface area contributed by atoms with Gasteiger partial charge in [-0.25, -0.2) is 0 Å². The van der Waals surface area contributed by atoms with Gasteiger partial charge in [-0.15, -0.1) is 0 Å². The van der Waals surface area contributed by atoms with Gasteiger partial charge in [0.15, 0.2) is 0 Å². The van der Waals surface area contributed by atoms with Gasteiger partial charge in [0.2, 0.25) is 0 Å². The summed E-state index contributed by atoms with van der Waals surface area (Å²) in [5.74, 6) is -0.616. The quantitative estimate of drug-likeness (QED) is 0.571. The first-order valence-electron chi connectivity index (χ1n) is 6.65. The predicted molar refractivity (Wildman–Crippen MR) is 66.4 cm³/mol. The molecule has 0 aliphatic heterocycles. The van der Waals surface area contributed by atoms with Crippen molar-refractivity contribution in [3.63, 3.8) is 0 Å². The van der Waals surface area contributed by atoms with Gasteiger partial charge >= 0.3 is 6.18 Å². The fourth-order valence-corrected chi connectivity index (χ4v) is 2.57. The van der Waals surface area contributed by atoms with E-state index in [4.69, 9.17) is 4.74 Å². The van der Waals surface area contributed by atoms with E-state index < -0.39 is 12.0 Å². The Morgan fingerprint density at radius 2 is 1.95 bits per heavy atom. The van der Waals surface area contributed by atoms with E-state index in [-0.39, 0.29) is 6.10 Å². The highest BCUT2D eigenvalue weighted by Gasteiger charge is 2.36. The van der Waals surface area contributed by atoms with Crippen LogP contribution in [0.1, 0.15) is 40.0 Å². The molecule has 3 atom stereocenters. The average Bonchev–Trinajstić information content (AvgIpc) is 2.27. The molecule has 2 nitrogen and oxygen atoms in total. The molecule has 0 aromatic heterocycles. The number of carbonyl (C=O) groups is 1.